The van der Waals surface area contributed by atoms with Crippen molar-refractivity contribution in [3.05, 3.63) is 94.8 Å². The second kappa shape index (κ2) is 9.07. The predicted octanol–water partition coefficient (Wildman–Crippen LogP) is 7.99. The average molecular weight is 409 g/mol. The molecule has 1 aliphatic rings. The van der Waals surface area contributed by atoms with Crippen molar-refractivity contribution in [1.29, 1.82) is 0 Å². The van der Waals surface area contributed by atoms with Gasteiger partial charge in [-0.05, 0) is 85.6 Å². The smallest absolute Gasteiger partial charge is 0.166 e. The van der Waals surface area contributed by atoms with Gasteiger partial charge in [-0.25, -0.2) is 13.2 Å². The van der Waals surface area contributed by atoms with Gasteiger partial charge in [0, 0.05) is 5.56 Å². The number of benzene rings is 3. The summed E-state index contributed by atoms with van der Waals surface area (Å²) >= 11 is 0. The molecule has 0 unspecified atom stereocenters. The van der Waals surface area contributed by atoms with E-state index in [1.807, 2.05) is 37.3 Å². The maximum absolute atomic E-state index is 14.9. The summed E-state index contributed by atoms with van der Waals surface area (Å²) in [5.41, 5.74) is 3.20. The molecule has 3 aromatic carbocycles. The first-order valence-corrected chi connectivity index (χ1v) is 10.8. The van der Waals surface area contributed by atoms with Gasteiger partial charge >= 0.3 is 0 Å². The second-order valence-electron chi connectivity index (χ2n) is 8.55. The van der Waals surface area contributed by atoms with Gasteiger partial charge in [-0.2, -0.15) is 0 Å². The summed E-state index contributed by atoms with van der Waals surface area (Å²) in [6, 6.07) is 18.0. The summed E-state index contributed by atoms with van der Waals surface area (Å²) in [4.78, 5) is 0. The van der Waals surface area contributed by atoms with Crippen molar-refractivity contribution in [2.24, 2.45) is 5.92 Å². The minimum atomic E-state index is -0.754. The Morgan fingerprint density at radius 1 is 0.800 bits per heavy atom. The van der Waals surface area contributed by atoms with Gasteiger partial charge < -0.3 is 0 Å². The summed E-state index contributed by atoms with van der Waals surface area (Å²) < 4.78 is 43.7. The zero-order chi connectivity index (χ0) is 21.1. The van der Waals surface area contributed by atoms with Gasteiger partial charge in [0.2, 0.25) is 0 Å². The van der Waals surface area contributed by atoms with E-state index in [1.165, 1.54) is 0 Å². The van der Waals surface area contributed by atoms with Crippen LogP contribution < -0.4 is 0 Å². The maximum Gasteiger partial charge on any atom is 0.166 e. The predicted molar refractivity (Wildman–Crippen MR) is 116 cm³/mol. The van der Waals surface area contributed by atoms with Crippen LogP contribution in [0.4, 0.5) is 13.2 Å². The van der Waals surface area contributed by atoms with Crippen molar-refractivity contribution in [2.75, 3.05) is 0 Å². The molecule has 0 radical (unpaired) electrons. The van der Waals surface area contributed by atoms with E-state index in [9.17, 15) is 13.2 Å². The zero-order valence-corrected chi connectivity index (χ0v) is 17.3. The summed E-state index contributed by atoms with van der Waals surface area (Å²) in [5, 5.41) is 0. The Morgan fingerprint density at radius 3 is 2.23 bits per heavy atom. The molecule has 0 bridgehead atoms. The summed E-state index contributed by atoms with van der Waals surface area (Å²) in [6.07, 6.45) is 5.32. The van der Waals surface area contributed by atoms with Crippen LogP contribution >= 0.6 is 0 Å². The lowest BCUT2D eigenvalue weighted by Gasteiger charge is -2.29. The lowest BCUT2D eigenvalue weighted by molar-refractivity contribution is 0.304. The van der Waals surface area contributed by atoms with Crippen molar-refractivity contribution >= 4 is 0 Å². The largest absolute Gasteiger partial charge is 0.207 e. The molecule has 3 heteroatoms. The highest BCUT2D eigenvalue weighted by Crippen LogP contribution is 2.40. The normalized spacial score (nSPS) is 19.1. The number of halogens is 3. The van der Waals surface area contributed by atoms with Gasteiger partial charge in [0.1, 0.15) is 5.82 Å². The number of hydrogen-bond acceptors (Lipinski definition) is 0. The lowest BCUT2D eigenvalue weighted by atomic mass is 9.76. The van der Waals surface area contributed by atoms with Crippen LogP contribution in [0.1, 0.15) is 54.7 Å². The van der Waals surface area contributed by atoms with E-state index in [0.29, 0.717) is 22.6 Å². The maximum atomic E-state index is 14.9. The Balaban J connectivity index is 1.39. The fourth-order valence-electron chi connectivity index (χ4n) is 4.70. The Morgan fingerprint density at radius 2 is 1.53 bits per heavy atom. The van der Waals surface area contributed by atoms with Crippen molar-refractivity contribution in [1.82, 2.24) is 0 Å². The van der Waals surface area contributed by atoms with Crippen molar-refractivity contribution in [2.45, 2.75) is 51.4 Å². The molecule has 0 atom stereocenters. The van der Waals surface area contributed by atoms with Crippen LogP contribution in [0.5, 0.6) is 0 Å². The molecule has 0 aromatic heterocycles. The topological polar surface area (TPSA) is 0 Å². The second-order valence-corrected chi connectivity index (χ2v) is 8.55. The Labute approximate surface area is 176 Å². The monoisotopic (exact) mass is 408 g/mol. The molecule has 0 spiro atoms. The van der Waals surface area contributed by atoms with Gasteiger partial charge in [-0.3, -0.25) is 0 Å². The minimum absolute atomic E-state index is 0.0525. The van der Waals surface area contributed by atoms with Gasteiger partial charge in [-0.1, -0.05) is 54.6 Å². The molecule has 4 rings (SSSR count). The van der Waals surface area contributed by atoms with Crippen LogP contribution in [0.3, 0.4) is 0 Å². The van der Waals surface area contributed by atoms with Crippen LogP contribution in [0.15, 0.2) is 60.7 Å². The number of rotatable bonds is 5. The van der Waals surface area contributed by atoms with E-state index in [1.54, 1.807) is 30.3 Å². The van der Waals surface area contributed by atoms with Crippen LogP contribution in [-0.2, 0) is 6.42 Å². The standard InChI is InChI=1S/C27H27F3/c1-18-7-11-22(25(28)17-18)14-10-19-8-12-21(13-9-19)24-16-15-23(26(29)27(24)30)20-5-3-2-4-6-20/h2-7,11,15-17,19,21H,8-10,12-14H2,1H3. The molecule has 0 N–H and O–H groups in total. The van der Waals surface area contributed by atoms with Crippen molar-refractivity contribution < 1.29 is 13.2 Å². The van der Waals surface area contributed by atoms with E-state index in [0.717, 1.165) is 49.7 Å². The summed E-state index contributed by atoms with van der Waals surface area (Å²) in [6.45, 7) is 1.89. The molecule has 0 amide bonds. The molecule has 0 aliphatic heterocycles. The third kappa shape index (κ3) is 4.45. The molecule has 0 heterocycles. The molecule has 3 aromatic rings. The molecule has 1 aliphatic carbocycles. The van der Waals surface area contributed by atoms with E-state index in [2.05, 4.69) is 0 Å². The van der Waals surface area contributed by atoms with E-state index < -0.39 is 11.6 Å². The van der Waals surface area contributed by atoms with Crippen LogP contribution in [-0.4, -0.2) is 0 Å². The third-order valence-electron chi connectivity index (χ3n) is 6.51. The van der Waals surface area contributed by atoms with Crippen LogP contribution in [0.2, 0.25) is 0 Å². The van der Waals surface area contributed by atoms with E-state index in [4.69, 9.17) is 0 Å². The van der Waals surface area contributed by atoms with Gasteiger partial charge in [0.05, 0.1) is 0 Å². The Hall–Kier alpha value is -2.55. The SMILES string of the molecule is Cc1ccc(CCC2CCC(c3ccc(-c4ccccc4)c(F)c3F)CC2)c(F)c1. The molecule has 1 saturated carbocycles. The summed E-state index contributed by atoms with van der Waals surface area (Å²) in [7, 11) is 0. The Bertz CT molecular complexity index is 1000. The van der Waals surface area contributed by atoms with Gasteiger partial charge in [0.15, 0.2) is 11.6 Å². The van der Waals surface area contributed by atoms with E-state index >= 15 is 0 Å². The summed E-state index contributed by atoms with van der Waals surface area (Å²) in [5.74, 6) is -1.02. The fraction of sp³-hybridized carbons (Fsp3) is 0.333. The minimum Gasteiger partial charge on any atom is -0.207 e. The van der Waals surface area contributed by atoms with Crippen LogP contribution in [0.25, 0.3) is 11.1 Å². The molecule has 1 fully saturated rings. The van der Waals surface area contributed by atoms with Crippen molar-refractivity contribution in [3.8, 4) is 11.1 Å². The first-order chi connectivity index (χ1) is 14.5. The first-order valence-electron chi connectivity index (χ1n) is 10.8. The lowest BCUT2D eigenvalue weighted by Crippen LogP contribution is -2.15. The molecular formula is C27H27F3. The molecular weight excluding hydrogens is 381 g/mol. The van der Waals surface area contributed by atoms with Crippen LogP contribution in [0, 0.1) is 30.3 Å². The molecule has 0 saturated heterocycles. The fourth-order valence-corrected chi connectivity index (χ4v) is 4.70. The van der Waals surface area contributed by atoms with E-state index in [-0.39, 0.29) is 11.7 Å². The molecule has 156 valence electrons. The number of aryl methyl sites for hydroxylation is 2. The van der Waals surface area contributed by atoms with Gasteiger partial charge in [0.25, 0.3) is 0 Å². The average Bonchev–Trinajstić information content (AvgIpc) is 2.76. The first kappa shape index (κ1) is 20.7. The molecule has 0 nitrogen and oxygen atoms in total. The number of hydrogen-bond donors (Lipinski definition) is 0. The highest BCUT2D eigenvalue weighted by atomic mass is 19.2. The quantitative estimate of drug-likeness (QED) is 0.401. The van der Waals surface area contributed by atoms with Gasteiger partial charge in [-0.15, -0.1) is 0 Å². The highest BCUT2D eigenvalue weighted by Gasteiger charge is 2.26. The third-order valence-corrected chi connectivity index (χ3v) is 6.51. The highest BCUT2D eigenvalue weighted by molar-refractivity contribution is 5.64. The Kier molecular flexibility index (Phi) is 6.26. The van der Waals surface area contributed by atoms with Crippen molar-refractivity contribution in [3.63, 3.8) is 0 Å². The molecule has 30 heavy (non-hydrogen) atoms. The zero-order valence-electron chi connectivity index (χ0n) is 17.3.